The number of hydrogen-bond donors (Lipinski definition) is 0. The first-order valence-corrected chi connectivity index (χ1v) is 7.16. The lowest BCUT2D eigenvalue weighted by atomic mass is 10.1. The first kappa shape index (κ1) is 16.4. The Bertz CT molecular complexity index is 752. The molecule has 0 saturated carbocycles. The van der Waals surface area contributed by atoms with Crippen molar-refractivity contribution in [2.75, 3.05) is 0 Å². The smallest absolute Gasteiger partial charge is 0.331 e. The van der Waals surface area contributed by atoms with Crippen molar-refractivity contribution in [3.63, 3.8) is 0 Å². The van der Waals surface area contributed by atoms with Gasteiger partial charge in [-0.2, -0.15) is 0 Å². The maximum atomic E-state index is 11.9. The average molecular weight is 311 g/mol. The van der Waals surface area contributed by atoms with Crippen LogP contribution in [0.4, 0.5) is 5.69 Å². The molecule has 2 rings (SSSR count). The zero-order valence-electron chi connectivity index (χ0n) is 12.9. The van der Waals surface area contributed by atoms with Crippen LogP contribution in [-0.2, 0) is 9.53 Å². The fraction of sp³-hybridized carbons (Fsp3) is 0.167. The monoisotopic (exact) mass is 311 g/mol. The fourth-order valence-corrected chi connectivity index (χ4v) is 2.10. The average Bonchev–Trinajstić information content (AvgIpc) is 2.54. The molecule has 0 aliphatic rings. The number of rotatable bonds is 5. The van der Waals surface area contributed by atoms with Crippen LogP contribution < -0.4 is 0 Å². The number of nitro groups is 1. The second-order valence-corrected chi connectivity index (χ2v) is 5.12. The van der Waals surface area contributed by atoms with Gasteiger partial charge < -0.3 is 4.74 Å². The fourth-order valence-electron chi connectivity index (χ4n) is 2.10. The Morgan fingerprint density at radius 2 is 1.96 bits per heavy atom. The number of hydrogen-bond acceptors (Lipinski definition) is 4. The summed E-state index contributed by atoms with van der Waals surface area (Å²) in [5.74, 6) is -0.493. The number of benzene rings is 2. The molecule has 0 aliphatic heterocycles. The molecule has 118 valence electrons. The molecule has 0 saturated heterocycles. The van der Waals surface area contributed by atoms with Gasteiger partial charge in [-0.3, -0.25) is 10.1 Å². The molecule has 0 unspecified atom stereocenters. The van der Waals surface area contributed by atoms with Gasteiger partial charge in [0.25, 0.3) is 5.69 Å². The van der Waals surface area contributed by atoms with Crippen LogP contribution in [0, 0.1) is 17.0 Å². The Hall–Kier alpha value is -2.95. The van der Waals surface area contributed by atoms with Crippen LogP contribution in [0.5, 0.6) is 0 Å². The summed E-state index contributed by atoms with van der Waals surface area (Å²) in [6.07, 6.45) is 2.48. The minimum atomic E-state index is -0.566. The van der Waals surface area contributed by atoms with Gasteiger partial charge >= 0.3 is 5.97 Å². The molecule has 1 atom stereocenters. The molecule has 0 aromatic heterocycles. The van der Waals surface area contributed by atoms with Crippen LogP contribution in [0.25, 0.3) is 6.08 Å². The first-order valence-electron chi connectivity index (χ1n) is 7.16. The number of aryl methyl sites for hydroxylation is 1. The highest BCUT2D eigenvalue weighted by molar-refractivity contribution is 5.87. The van der Waals surface area contributed by atoms with Crippen LogP contribution in [0.2, 0.25) is 0 Å². The van der Waals surface area contributed by atoms with Crippen molar-refractivity contribution in [3.8, 4) is 0 Å². The molecule has 0 amide bonds. The Labute approximate surface area is 134 Å². The molecule has 0 spiro atoms. The molecule has 2 aromatic carbocycles. The zero-order chi connectivity index (χ0) is 16.8. The third kappa shape index (κ3) is 4.51. The quantitative estimate of drug-likeness (QED) is 0.359. The number of esters is 1. The molecule has 23 heavy (non-hydrogen) atoms. The van der Waals surface area contributed by atoms with Crippen molar-refractivity contribution in [3.05, 3.63) is 81.4 Å². The van der Waals surface area contributed by atoms with Gasteiger partial charge in [0.15, 0.2) is 0 Å². The largest absolute Gasteiger partial charge is 0.455 e. The number of carbonyl (C=O) groups excluding carboxylic acids is 1. The number of nitrogens with zero attached hydrogens (tertiary/aromatic N) is 1. The van der Waals surface area contributed by atoms with E-state index in [2.05, 4.69) is 0 Å². The van der Waals surface area contributed by atoms with E-state index in [1.807, 2.05) is 31.2 Å². The highest BCUT2D eigenvalue weighted by atomic mass is 16.6. The third-order valence-electron chi connectivity index (χ3n) is 3.43. The summed E-state index contributed by atoms with van der Waals surface area (Å²) < 4.78 is 5.28. The van der Waals surface area contributed by atoms with Crippen molar-refractivity contribution >= 4 is 17.7 Å². The van der Waals surface area contributed by atoms with E-state index in [-0.39, 0.29) is 5.69 Å². The summed E-state index contributed by atoms with van der Waals surface area (Å²) in [4.78, 5) is 22.2. The lowest BCUT2D eigenvalue weighted by Crippen LogP contribution is -2.06. The molecule has 5 heteroatoms. The Morgan fingerprint density at radius 3 is 2.65 bits per heavy atom. The summed E-state index contributed by atoms with van der Waals surface area (Å²) in [7, 11) is 0. The van der Waals surface area contributed by atoms with E-state index < -0.39 is 17.0 Å². The van der Waals surface area contributed by atoms with E-state index in [0.717, 1.165) is 11.1 Å². The van der Waals surface area contributed by atoms with Crippen LogP contribution >= 0.6 is 0 Å². The van der Waals surface area contributed by atoms with Crippen molar-refractivity contribution in [2.24, 2.45) is 0 Å². The van der Waals surface area contributed by atoms with E-state index in [0.29, 0.717) is 5.56 Å². The third-order valence-corrected chi connectivity index (χ3v) is 3.43. The summed E-state index contributed by atoms with van der Waals surface area (Å²) in [5, 5.41) is 10.8. The number of nitro benzene ring substituents is 1. The summed E-state index contributed by atoms with van der Waals surface area (Å²) in [6, 6.07) is 13.7. The van der Waals surface area contributed by atoms with Crippen molar-refractivity contribution in [2.45, 2.75) is 20.0 Å². The topological polar surface area (TPSA) is 69.4 Å². The summed E-state index contributed by atoms with van der Waals surface area (Å²) >= 11 is 0. The lowest BCUT2D eigenvalue weighted by molar-refractivity contribution is -0.385. The van der Waals surface area contributed by atoms with Crippen LogP contribution in [0.1, 0.15) is 29.7 Å². The molecular formula is C18H17NO4. The van der Waals surface area contributed by atoms with Gasteiger partial charge in [-0.15, -0.1) is 0 Å². The van der Waals surface area contributed by atoms with Gasteiger partial charge in [0, 0.05) is 18.2 Å². The zero-order valence-corrected chi connectivity index (χ0v) is 12.9. The van der Waals surface area contributed by atoms with E-state index in [1.165, 1.54) is 18.2 Å². The number of non-ortho nitro benzene ring substituents is 1. The first-order chi connectivity index (χ1) is 11.0. The molecule has 0 aliphatic carbocycles. The molecule has 2 aromatic rings. The predicted octanol–water partition coefficient (Wildman–Crippen LogP) is 4.22. The highest BCUT2D eigenvalue weighted by Gasteiger charge is 2.13. The standard InChI is InChI=1S/C18H17NO4/c1-13-6-3-4-7-15(13)10-11-18(20)23-14(2)16-8-5-9-17(12-16)19(21)22/h3-12,14H,1-2H3/b11-10+/t14-/m1/s1. The van der Waals surface area contributed by atoms with E-state index in [4.69, 9.17) is 4.74 Å². The number of carbonyl (C=O) groups is 1. The highest BCUT2D eigenvalue weighted by Crippen LogP contribution is 2.22. The van der Waals surface area contributed by atoms with Gasteiger partial charge in [0.05, 0.1) is 4.92 Å². The molecular weight excluding hydrogens is 294 g/mol. The van der Waals surface area contributed by atoms with E-state index in [9.17, 15) is 14.9 Å². The van der Waals surface area contributed by atoms with E-state index >= 15 is 0 Å². The van der Waals surface area contributed by atoms with Crippen LogP contribution in [0.15, 0.2) is 54.6 Å². The maximum Gasteiger partial charge on any atom is 0.331 e. The van der Waals surface area contributed by atoms with Crippen molar-refractivity contribution in [1.29, 1.82) is 0 Å². The number of ether oxygens (including phenoxy) is 1. The predicted molar refractivity (Wildman–Crippen MR) is 87.8 cm³/mol. The second-order valence-electron chi connectivity index (χ2n) is 5.12. The van der Waals surface area contributed by atoms with Gasteiger partial charge in [-0.1, -0.05) is 36.4 Å². The van der Waals surface area contributed by atoms with Gasteiger partial charge in [-0.05, 0) is 36.6 Å². The summed E-state index contributed by atoms with van der Waals surface area (Å²) in [6.45, 7) is 3.63. The SMILES string of the molecule is Cc1ccccc1/C=C/C(=O)O[C@H](C)c1cccc([N+](=O)[O-])c1. The lowest BCUT2D eigenvalue weighted by Gasteiger charge is -2.12. The summed E-state index contributed by atoms with van der Waals surface area (Å²) in [5.41, 5.74) is 2.55. The molecule has 0 fully saturated rings. The van der Waals surface area contributed by atoms with Crippen molar-refractivity contribution in [1.82, 2.24) is 0 Å². The van der Waals surface area contributed by atoms with E-state index in [1.54, 1.807) is 25.1 Å². The Balaban J connectivity index is 2.04. The molecule has 0 radical (unpaired) electrons. The minimum absolute atomic E-state index is 0.0270. The maximum absolute atomic E-state index is 11.9. The molecule has 5 nitrogen and oxygen atoms in total. The van der Waals surface area contributed by atoms with Crippen LogP contribution in [0.3, 0.4) is 0 Å². The van der Waals surface area contributed by atoms with Crippen LogP contribution in [-0.4, -0.2) is 10.9 Å². The van der Waals surface area contributed by atoms with Gasteiger partial charge in [-0.25, -0.2) is 4.79 Å². The molecule has 0 bridgehead atoms. The minimum Gasteiger partial charge on any atom is -0.455 e. The van der Waals surface area contributed by atoms with Gasteiger partial charge in [0.1, 0.15) is 6.10 Å². The molecule has 0 N–H and O–H groups in total. The second kappa shape index (κ2) is 7.35. The van der Waals surface area contributed by atoms with Crippen molar-refractivity contribution < 1.29 is 14.5 Å². The van der Waals surface area contributed by atoms with Gasteiger partial charge in [0.2, 0.25) is 0 Å². The molecule has 0 heterocycles. The Kier molecular flexibility index (Phi) is 5.25. The normalized spacial score (nSPS) is 12.1. The Morgan fingerprint density at radius 1 is 1.22 bits per heavy atom.